The van der Waals surface area contributed by atoms with E-state index in [1.165, 1.54) is 23.9 Å². The number of hydrogen-bond acceptors (Lipinski definition) is 7. The van der Waals surface area contributed by atoms with Crippen molar-refractivity contribution < 1.29 is 9.52 Å². The molecule has 2 aromatic heterocycles. The monoisotopic (exact) mass is 414 g/mol. The summed E-state index contributed by atoms with van der Waals surface area (Å²) in [5, 5.41) is 23.9. The van der Waals surface area contributed by atoms with E-state index in [0.29, 0.717) is 27.9 Å². The van der Waals surface area contributed by atoms with Gasteiger partial charge in [-0.05, 0) is 58.3 Å². The highest BCUT2D eigenvalue weighted by atomic mass is 35.5. The molecule has 0 spiro atoms. The average Bonchev–Trinajstić information content (AvgIpc) is 3.14. The third kappa shape index (κ3) is 3.61. The van der Waals surface area contributed by atoms with E-state index in [2.05, 4.69) is 15.5 Å². The van der Waals surface area contributed by atoms with Gasteiger partial charge in [0.05, 0.1) is 5.69 Å². The summed E-state index contributed by atoms with van der Waals surface area (Å²) in [6.45, 7) is 1.95. The van der Waals surface area contributed by atoms with Crippen LogP contribution in [0.15, 0.2) is 56.8 Å². The van der Waals surface area contributed by atoms with Crippen molar-refractivity contribution in [3.63, 3.8) is 0 Å². The number of benzene rings is 2. The van der Waals surface area contributed by atoms with Crippen LogP contribution >= 0.6 is 23.4 Å². The Hall–Kier alpha value is -2.84. The molecular formula is C19H15ClN4O3S. The van der Waals surface area contributed by atoms with Crippen LogP contribution in [-0.4, -0.2) is 25.3 Å². The third-order valence-corrected chi connectivity index (χ3v) is 5.50. The molecule has 0 fully saturated rings. The van der Waals surface area contributed by atoms with Crippen molar-refractivity contribution >= 4 is 34.3 Å². The van der Waals surface area contributed by atoms with Crippen LogP contribution in [0.4, 0.5) is 0 Å². The van der Waals surface area contributed by atoms with Crippen molar-refractivity contribution in [3.8, 4) is 11.4 Å². The van der Waals surface area contributed by atoms with Gasteiger partial charge in [0, 0.05) is 28.3 Å². The fourth-order valence-corrected chi connectivity index (χ4v) is 3.87. The number of halogens is 1. The van der Waals surface area contributed by atoms with Gasteiger partial charge in [-0.25, -0.2) is 4.79 Å². The van der Waals surface area contributed by atoms with Crippen LogP contribution in [-0.2, 0) is 12.2 Å². The Kier molecular flexibility index (Phi) is 5.06. The number of tetrazole rings is 1. The lowest BCUT2D eigenvalue weighted by atomic mass is 10.1. The number of aryl methyl sites for hydroxylation is 1. The summed E-state index contributed by atoms with van der Waals surface area (Å²) in [4.78, 5) is 11.9. The largest absolute Gasteiger partial charge is 0.508 e. The van der Waals surface area contributed by atoms with Crippen LogP contribution in [0.3, 0.4) is 0 Å². The highest BCUT2D eigenvalue weighted by Crippen LogP contribution is 2.30. The molecule has 4 aromatic rings. The molecule has 142 valence electrons. The highest BCUT2D eigenvalue weighted by molar-refractivity contribution is 7.98. The number of hydrogen-bond donors (Lipinski definition) is 1. The number of rotatable bonds is 5. The first-order valence-electron chi connectivity index (χ1n) is 8.51. The molecule has 1 N–H and O–H groups in total. The van der Waals surface area contributed by atoms with Gasteiger partial charge >= 0.3 is 5.63 Å². The zero-order chi connectivity index (χ0) is 19.7. The maximum Gasteiger partial charge on any atom is 0.336 e. The topological polar surface area (TPSA) is 94.0 Å². The Morgan fingerprint density at radius 3 is 2.71 bits per heavy atom. The molecule has 0 saturated carbocycles. The molecule has 0 aliphatic carbocycles. The van der Waals surface area contributed by atoms with Crippen molar-refractivity contribution in [3.05, 3.63) is 69.0 Å². The van der Waals surface area contributed by atoms with Gasteiger partial charge < -0.3 is 9.52 Å². The summed E-state index contributed by atoms with van der Waals surface area (Å²) >= 11 is 7.34. The molecule has 0 aliphatic rings. The van der Waals surface area contributed by atoms with Crippen molar-refractivity contribution in [1.82, 2.24) is 20.2 Å². The van der Waals surface area contributed by atoms with Gasteiger partial charge in [0.15, 0.2) is 0 Å². The molecular weight excluding hydrogens is 400 g/mol. The highest BCUT2D eigenvalue weighted by Gasteiger charge is 2.13. The summed E-state index contributed by atoms with van der Waals surface area (Å²) in [6, 6.07) is 12.0. The Balaban J connectivity index is 1.68. The molecule has 0 bridgehead atoms. The first kappa shape index (κ1) is 18.5. The number of nitrogens with zero attached hydrogens (tertiary/aromatic N) is 4. The molecule has 0 unspecified atom stereocenters. The Labute approximate surface area is 168 Å². The van der Waals surface area contributed by atoms with Crippen molar-refractivity contribution in [2.45, 2.75) is 24.3 Å². The van der Waals surface area contributed by atoms with Crippen LogP contribution in [0.25, 0.3) is 16.7 Å². The standard InChI is InChI=1S/C19H15ClN4O3S/c1-2-11-7-15-12(8-18(26)27-17(15)9-16(11)25)10-28-19-21-22-23-24(19)14-5-3-13(20)4-6-14/h3-9,25H,2,10H2,1H3. The van der Waals surface area contributed by atoms with Gasteiger partial charge in [-0.3, -0.25) is 0 Å². The van der Waals surface area contributed by atoms with Crippen molar-refractivity contribution in [2.75, 3.05) is 0 Å². The second kappa shape index (κ2) is 7.65. The zero-order valence-electron chi connectivity index (χ0n) is 14.8. The van der Waals surface area contributed by atoms with E-state index >= 15 is 0 Å². The minimum atomic E-state index is -0.468. The fraction of sp³-hybridized carbons (Fsp3) is 0.158. The minimum Gasteiger partial charge on any atom is -0.508 e. The zero-order valence-corrected chi connectivity index (χ0v) is 16.4. The van der Waals surface area contributed by atoms with E-state index in [-0.39, 0.29) is 5.75 Å². The molecule has 4 rings (SSSR count). The average molecular weight is 415 g/mol. The molecule has 0 atom stereocenters. The lowest BCUT2D eigenvalue weighted by Crippen LogP contribution is -2.02. The van der Waals surface area contributed by atoms with Crippen LogP contribution < -0.4 is 5.63 Å². The second-order valence-electron chi connectivity index (χ2n) is 6.06. The third-order valence-electron chi connectivity index (χ3n) is 4.28. The molecule has 0 amide bonds. The predicted octanol–water partition coefficient (Wildman–Crippen LogP) is 3.98. The number of phenols is 1. The molecule has 2 aromatic carbocycles. The number of aromatic nitrogens is 4. The van der Waals surface area contributed by atoms with Crippen LogP contribution in [0.1, 0.15) is 18.1 Å². The van der Waals surface area contributed by atoms with Gasteiger partial charge in [0.1, 0.15) is 11.3 Å². The lowest BCUT2D eigenvalue weighted by Gasteiger charge is -2.09. The number of thioether (sulfide) groups is 1. The van der Waals surface area contributed by atoms with Gasteiger partial charge in [0.2, 0.25) is 5.16 Å². The van der Waals surface area contributed by atoms with E-state index in [9.17, 15) is 9.90 Å². The Bertz CT molecular complexity index is 1200. The number of aromatic hydroxyl groups is 1. The SMILES string of the molecule is CCc1cc2c(CSc3nnnn3-c3ccc(Cl)cc3)cc(=O)oc2cc1O. The smallest absolute Gasteiger partial charge is 0.336 e. The Morgan fingerprint density at radius 2 is 1.96 bits per heavy atom. The van der Waals surface area contributed by atoms with Crippen LogP contribution in [0.2, 0.25) is 5.02 Å². The molecule has 7 nitrogen and oxygen atoms in total. The summed E-state index contributed by atoms with van der Waals surface area (Å²) in [6.07, 6.45) is 0.669. The van der Waals surface area contributed by atoms with Crippen LogP contribution in [0, 0.1) is 0 Å². The Morgan fingerprint density at radius 1 is 1.18 bits per heavy atom. The molecule has 28 heavy (non-hydrogen) atoms. The molecule has 2 heterocycles. The van der Waals surface area contributed by atoms with Gasteiger partial charge in [-0.1, -0.05) is 30.3 Å². The summed E-state index contributed by atoms with van der Waals surface area (Å²) in [7, 11) is 0. The lowest BCUT2D eigenvalue weighted by molar-refractivity contribution is 0.466. The minimum absolute atomic E-state index is 0.120. The normalized spacial score (nSPS) is 11.2. The van der Waals surface area contributed by atoms with Gasteiger partial charge in [-0.2, -0.15) is 4.68 Å². The van der Waals surface area contributed by atoms with Gasteiger partial charge in [0.25, 0.3) is 0 Å². The molecule has 0 aliphatic heterocycles. The first-order valence-corrected chi connectivity index (χ1v) is 9.87. The number of fused-ring (bicyclic) bond motifs is 1. The quantitative estimate of drug-likeness (QED) is 0.390. The van der Waals surface area contributed by atoms with Crippen molar-refractivity contribution in [1.29, 1.82) is 0 Å². The first-order chi connectivity index (χ1) is 13.5. The van der Waals surface area contributed by atoms with E-state index in [1.807, 2.05) is 25.1 Å². The van der Waals surface area contributed by atoms with E-state index in [0.717, 1.165) is 22.2 Å². The predicted molar refractivity (Wildman–Crippen MR) is 107 cm³/mol. The summed E-state index contributed by atoms with van der Waals surface area (Å²) in [5.41, 5.74) is 2.25. The maximum atomic E-state index is 11.9. The second-order valence-corrected chi connectivity index (χ2v) is 7.44. The summed E-state index contributed by atoms with van der Waals surface area (Å²) in [5.74, 6) is 0.582. The maximum absolute atomic E-state index is 11.9. The summed E-state index contributed by atoms with van der Waals surface area (Å²) < 4.78 is 6.85. The molecule has 0 radical (unpaired) electrons. The molecule has 9 heteroatoms. The van der Waals surface area contributed by atoms with E-state index < -0.39 is 5.63 Å². The van der Waals surface area contributed by atoms with E-state index in [1.54, 1.807) is 16.8 Å². The van der Waals surface area contributed by atoms with Crippen molar-refractivity contribution in [2.24, 2.45) is 0 Å². The van der Waals surface area contributed by atoms with Gasteiger partial charge in [-0.15, -0.1) is 5.10 Å². The number of phenolic OH excluding ortho intramolecular Hbond substituents is 1. The molecule has 0 saturated heterocycles. The van der Waals surface area contributed by atoms with Crippen LogP contribution in [0.5, 0.6) is 5.75 Å². The van der Waals surface area contributed by atoms with E-state index in [4.69, 9.17) is 16.0 Å². The fourth-order valence-electron chi connectivity index (χ4n) is 2.87.